The molecule has 1 heterocycles. The molecule has 0 aromatic heterocycles. The number of alkyl halides is 5. The lowest BCUT2D eigenvalue weighted by molar-refractivity contribution is -0.284. The fourth-order valence-corrected chi connectivity index (χ4v) is 3.63. The topological polar surface area (TPSA) is 18.5 Å². The molecule has 0 aromatic rings. The van der Waals surface area contributed by atoms with Crippen molar-refractivity contribution in [2.45, 2.75) is 121 Å². The molecule has 1 aliphatic heterocycles. The van der Waals surface area contributed by atoms with Gasteiger partial charge in [-0.3, -0.25) is 0 Å². The second kappa shape index (κ2) is 15.4. The molecule has 7 heteroatoms. The molecule has 0 spiro atoms. The molecule has 0 N–H and O–H groups in total. The van der Waals surface area contributed by atoms with E-state index in [0.29, 0.717) is 12.5 Å². The summed E-state index contributed by atoms with van der Waals surface area (Å²) in [5.74, 6) is -4.54. The second-order valence-corrected chi connectivity index (χ2v) is 8.26. The maximum absolute atomic E-state index is 12.7. The quantitative estimate of drug-likeness (QED) is 0.163. The van der Waals surface area contributed by atoms with Crippen LogP contribution in [0.1, 0.15) is 103 Å². The highest BCUT2D eigenvalue weighted by Crippen LogP contribution is 2.39. The van der Waals surface area contributed by atoms with E-state index in [0.717, 1.165) is 64.8 Å². The van der Waals surface area contributed by atoms with Crippen LogP contribution in [0.15, 0.2) is 0 Å². The summed E-state index contributed by atoms with van der Waals surface area (Å²) in [5.41, 5.74) is 0. The summed E-state index contributed by atoms with van der Waals surface area (Å²) >= 11 is 0. The van der Waals surface area contributed by atoms with Crippen molar-refractivity contribution >= 4 is 0 Å². The minimum absolute atomic E-state index is 0.0636. The third-order valence-electron chi connectivity index (χ3n) is 5.52. The van der Waals surface area contributed by atoms with Crippen LogP contribution in [-0.4, -0.2) is 38.0 Å². The zero-order chi connectivity index (χ0) is 21.4. The van der Waals surface area contributed by atoms with E-state index < -0.39 is 18.5 Å². The maximum Gasteiger partial charge on any atom is 0.453 e. The van der Waals surface area contributed by atoms with E-state index in [2.05, 4.69) is 0 Å². The normalized spacial score (nSPS) is 17.9. The first-order chi connectivity index (χ1) is 13.8. The van der Waals surface area contributed by atoms with Crippen LogP contribution in [0.5, 0.6) is 0 Å². The number of unbranched alkanes of at least 4 members (excludes halogenated alkanes) is 12. The SMILES string of the molecule is FC(F)(F)C(F)(F)CCCCCCCCCCCCCCCOCC1CCCO1. The molecule has 29 heavy (non-hydrogen) atoms. The Morgan fingerprint density at radius 2 is 1.17 bits per heavy atom. The zero-order valence-corrected chi connectivity index (χ0v) is 17.7. The van der Waals surface area contributed by atoms with Gasteiger partial charge in [-0.2, -0.15) is 22.0 Å². The van der Waals surface area contributed by atoms with Crippen molar-refractivity contribution in [3.63, 3.8) is 0 Å². The van der Waals surface area contributed by atoms with Gasteiger partial charge in [0.1, 0.15) is 0 Å². The average molecular weight is 431 g/mol. The molecule has 1 aliphatic rings. The molecular weight excluding hydrogens is 391 g/mol. The van der Waals surface area contributed by atoms with E-state index in [9.17, 15) is 22.0 Å². The zero-order valence-electron chi connectivity index (χ0n) is 17.7. The number of hydrogen-bond donors (Lipinski definition) is 0. The average Bonchev–Trinajstić information content (AvgIpc) is 3.16. The maximum atomic E-state index is 12.7. The van der Waals surface area contributed by atoms with Crippen LogP contribution in [0, 0.1) is 0 Å². The number of halogens is 5. The summed E-state index contributed by atoms with van der Waals surface area (Å²) in [6.45, 7) is 2.44. The molecule has 1 fully saturated rings. The largest absolute Gasteiger partial charge is 0.453 e. The summed E-state index contributed by atoms with van der Waals surface area (Å²) in [4.78, 5) is 0. The predicted octanol–water partition coefficient (Wildman–Crippen LogP) is 7.84. The first-order valence-corrected chi connectivity index (χ1v) is 11.5. The summed E-state index contributed by atoms with van der Waals surface area (Å²) in [6.07, 6.45) is 8.74. The molecule has 174 valence electrons. The Kier molecular flexibility index (Phi) is 14.1. The third kappa shape index (κ3) is 13.5. The number of hydrogen-bond acceptors (Lipinski definition) is 2. The number of rotatable bonds is 18. The fraction of sp³-hybridized carbons (Fsp3) is 1.00. The van der Waals surface area contributed by atoms with E-state index >= 15 is 0 Å². The summed E-state index contributed by atoms with van der Waals surface area (Å²) in [6, 6.07) is 0. The molecule has 2 nitrogen and oxygen atoms in total. The first kappa shape index (κ1) is 26.6. The van der Waals surface area contributed by atoms with Gasteiger partial charge in [0.15, 0.2) is 0 Å². The Morgan fingerprint density at radius 1 is 0.690 bits per heavy atom. The lowest BCUT2D eigenvalue weighted by Gasteiger charge is -2.19. The van der Waals surface area contributed by atoms with Crippen molar-refractivity contribution in [1.29, 1.82) is 0 Å². The Bertz CT molecular complexity index is 382. The van der Waals surface area contributed by atoms with E-state index in [1.54, 1.807) is 0 Å². The van der Waals surface area contributed by atoms with E-state index in [4.69, 9.17) is 9.47 Å². The molecule has 0 aromatic carbocycles. The van der Waals surface area contributed by atoms with Crippen molar-refractivity contribution in [3.8, 4) is 0 Å². The molecule has 0 radical (unpaired) electrons. The van der Waals surface area contributed by atoms with Crippen molar-refractivity contribution in [2.75, 3.05) is 19.8 Å². The molecule has 1 unspecified atom stereocenters. The summed E-state index contributed by atoms with van der Waals surface area (Å²) < 4.78 is 72.7. The highest BCUT2D eigenvalue weighted by molar-refractivity contribution is 4.75. The second-order valence-electron chi connectivity index (χ2n) is 8.26. The van der Waals surface area contributed by atoms with Gasteiger partial charge in [-0.25, -0.2) is 0 Å². The van der Waals surface area contributed by atoms with E-state index in [-0.39, 0.29) is 6.42 Å². The smallest absolute Gasteiger partial charge is 0.379 e. The van der Waals surface area contributed by atoms with Gasteiger partial charge in [-0.15, -0.1) is 0 Å². The van der Waals surface area contributed by atoms with Crippen LogP contribution in [0.4, 0.5) is 22.0 Å². The van der Waals surface area contributed by atoms with Crippen molar-refractivity contribution in [1.82, 2.24) is 0 Å². The molecule has 1 rings (SSSR count). The van der Waals surface area contributed by atoms with E-state index in [1.165, 1.54) is 38.5 Å². The third-order valence-corrected chi connectivity index (χ3v) is 5.52. The molecule has 1 saturated heterocycles. The monoisotopic (exact) mass is 430 g/mol. The minimum atomic E-state index is -5.41. The number of ether oxygens (including phenoxy) is 2. The van der Waals surface area contributed by atoms with Crippen molar-refractivity contribution < 1.29 is 31.4 Å². The summed E-state index contributed by atoms with van der Waals surface area (Å²) in [7, 11) is 0. The summed E-state index contributed by atoms with van der Waals surface area (Å²) in [5, 5.41) is 0. The standard InChI is InChI=1S/C22H39F5O2/c23-21(24,22(25,26)27)16-12-10-8-6-4-2-1-3-5-7-9-11-13-17-28-19-20-15-14-18-29-20/h20H,1-19H2. The molecule has 0 saturated carbocycles. The van der Waals surface area contributed by atoms with Crippen LogP contribution in [0.2, 0.25) is 0 Å². The Balaban J connectivity index is 1.73. The van der Waals surface area contributed by atoms with Crippen LogP contribution in [0.25, 0.3) is 0 Å². The first-order valence-electron chi connectivity index (χ1n) is 11.5. The van der Waals surface area contributed by atoms with E-state index in [1.807, 2.05) is 0 Å². The predicted molar refractivity (Wildman–Crippen MR) is 105 cm³/mol. The molecule has 0 amide bonds. The van der Waals surface area contributed by atoms with Crippen LogP contribution in [0.3, 0.4) is 0 Å². The van der Waals surface area contributed by atoms with Gasteiger partial charge in [0.05, 0.1) is 12.7 Å². The van der Waals surface area contributed by atoms with Crippen LogP contribution in [-0.2, 0) is 9.47 Å². The Labute approximate surface area is 172 Å². The molecule has 0 bridgehead atoms. The molecule has 1 atom stereocenters. The Morgan fingerprint density at radius 3 is 1.62 bits per heavy atom. The van der Waals surface area contributed by atoms with Crippen LogP contribution >= 0.6 is 0 Å². The van der Waals surface area contributed by atoms with Gasteiger partial charge in [-0.05, 0) is 25.7 Å². The van der Waals surface area contributed by atoms with Gasteiger partial charge in [0.25, 0.3) is 0 Å². The molecular formula is C22H39F5O2. The highest BCUT2D eigenvalue weighted by Gasteiger charge is 2.56. The highest BCUT2D eigenvalue weighted by atomic mass is 19.4. The van der Waals surface area contributed by atoms with Gasteiger partial charge < -0.3 is 9.47 Å². The van der Waals surface area contributed by atoms with Crippen LogP contribution < -0.4 is 0 Å². The molecule has 0 aliphatic carbocycles. The minimum Gasteiger partial charge on any atom is -0.379 e. The van der Waals surface area contributed by atoms with Gasteiger partial charge in [0, 0.05) is 19.6 Å². The van der Waals surface area contributed by atoms with Crippen molar-refractivity contribution in [3.05, 3.63) is 0 Å². The lowest BCUT2D eigenvalue weighted by atomic mass is 10.0. The van der Waals surface area contributed by atoms with Gasteiger partial charge in [-0.1, -0.05) is 70.6 Å². The lowest BCUT2D eigenvalue weighted by Crippen LogP contribution is -2.36. The fourth-order valence-electron chi connectivity index (χ4n) is 3.63. The Hall–Kier alpha value is -0.430. The van der Waals surface area contributed by atoms with Gasteiger partial charge in [0.2, 0.25) is 0 Å². The van der Waals surface area contributed by atoms with Gasteiger partial charge >= 0.3 is 12.1 Å². The van der Waals surface area contributed by atoms with Crippen molar-refractivity contribution in [2.24, 2.45) is 0 Å².